The molecule has 0 aliphatic carbocycles. The Morgan fingerprint density at radius 3 is 2.36 bits per heavy atom. The molecular weight excluding hydrogens is 353 g/mol. The van der Waals surface area contributed by atoms with Gasteiger partial charge >= 0.3 is 13.1 Å². The minimum atomic E-state index is -0.436. The van der Waals surface area contributed by atoms with Gasteiger partial charge in [-0.2, -0.15) is 0 Å². The number of carbonyl (C=O) groups is 1. The van der Waals surface area contributed by atoms with E-state index < -0.39 is 5.60 Å². The molecular formula is C22H32BNO4. The maximum Gasteiger partial charge on any atom is 0.495 e. The lowest BCUT2D eigenvalue weighted by Gasteiger charge is -2.32. The first-order valence-electron chi connectivity index (χ1n) is 10.0. The second kappa shape index (κ2) is 7.23. The quantitative estimate of drug-likeness (QED) is 0.575. The lowest BCUT2D eigenvalue weighted by Crippen LogP contribution is -2.41. The number of esters is 1. The number of aromatic nitrogens is 1. The van der Waals surface area contributed by atoms with Crippen molar-refractivity contribution >= 4 is 29.5 Å². The summed E-state index contributed by atoms with van der Waals surface area (Å²) in [6, 6.07) is 8.29. The van der Waals surface area contributed by atoms with Crippen LogP contribution in [-0.2, 0) is 25.4 Å². The van der Waals surface area contributed by atoms with Gasteiger partial charge in [-0.3, -0.25) is 4.79 Å². The SMILES string of the molecule is CC(C)(C)OC(=O)CCCn1ccc2c(B3OC(C)(C)C(C)(C)O3)cccc21. The zero-order valence-corrected chi connectivity index (χ0v) is 18.2. The van der Waals surface area contributed by atoms with Gasteiger partial charge in [0.2, 0.25) is 0 Å². The molecule has 2 aromatic rings. The fourth-order valence-corrected chi connectivity index (χ4v) is 3.40. The van der Waals surface area contributed by atoms with E-state index in [1.807, 2.05) is 26.8 Å². The summed E-state index contributed by atoms with van der Waals surface area (Å²) in [4.78, 5) is 11.9. The summed E-state index contributed by atoms with van der Waals surface area (Å²) in [5.41, 5.74) is 0.999. The predicted molar refractivity (Wildman–Crippen MR) is 113 cm³/mol. The van der Waals surface area contributed by atoms with Gasteiger partial charge in [0.25, 0.3) is 0 Å². The van der Waals surface area contributed by atoms with Crippen LogP contribution in [0.3, 0.4) is 0 Å². The average Bonchev–Trinajstić information content (AvgIpc) is 3.04. The van der Waals surface area contributed by atoms with Crippen LogP contribution in [0.25, 0.3) is 10.9 Å². The van der Waals surface area contributed by atoms with Crippen LogP contribution in [0.15, 0.2) is 30.5 Å². The van der Waals surface area contributed by atoms with E-state index in [1.165, 1.54) is 0 Å². The normalized spacial score (nSPS) is 18.6. The van der Waals surface area contributed by atoms with E-state index in [0.29, 0.717) is 6.42 Å². The molecule has 0 radical (unpaired) electrons. The third-order valence-electron chi connectivity index (χ3n) is 5.55. The van der Waals surface area contributed by atoms with Gasteiger partial charge in [0.05, 0.1) is 11.2 Å². The molecule has 1 fully saturated rings. The number of hydrogen-bond donors (Lipinski definition) is 0. The number of rotatable bonds is 5. The molecule has 0 bridgehead atoms. The van der Waals surface area contributed by atoms with Crippen molar-refractivity contribution in [2.45, 2.75) is 84.7 Å². The standard InChI is InChI=1S/C22H32BNO4/c1-20(2,3)26-19(25)12-9-14-24-15-13-16-17(10-8-11-18(16)24)23-27-21(4,5)22(6,7)28-23/h8,10-11,13,15H,9,12,14H2,1-7H3. The molecule has 1 aliphatic rings. The van der Waals surface area contributed by atoms with Gasteiger partial charge in [-0.1, -0.05) is 12.1 Å². The molecule has 0 atom stereocenters. The van der Waals surface area contributed by atoms with Crippen LogP contribution in [0, 0.1) is 0 Å². The fraction of sp³-hybridized carbons (Fsp3) is 0.591. The number of benzene rings is 1. The van der Waals surface area contributed by atoms with E-state index in [9.17, 15) is 4.79 Å². The Kier molecular flexibility index (Phi) is 5.41. The molecule has 0 spiro atoms. The summed E-state index contributed by atoms with van der Waals surface area (Å²) in [5, 5.41) is 1.12. The highest BCUT2D eigenvalue weighted by Gasteiger charge is 2.52. The highest BCUT2D eigenvalue weighted by atomic mass is 16.7. The highest BCUT2D eigenvalue weighted by molar-refractivity contribution is 6.65. The minimum absolute atomic E-state index is 0.151. The monoisotopic (exact) mass is 385 g/mol. The zero-order valence-electron chi connectivity index (χ0n) is 18.2. The van der Waals surface area contributed by atoms with Gasteiger partial charge in [0.15, 0.2) is 0 Å². The number of aryl methyl sites for hydroxylation is 1. The van der Waals surface area contributed by atoms with Gasteiger partial charge in [-0.25, -0.2) is 0 Å². The van der Waals surface area contributed by atoms with Gasteiger partial charge in [-0.15, -0.1) is 0 Å². The van der Waals surface area contributed by atoms with Crippen molar-refractivity contribution < 1.29 is 18.8 Å². The fourth-order valence-electron chi connectivity index (χ4n) is 3.40. The summed E-state index contributed by atoms with van der Waals surface area (Å²) in [5.74, 6) is -0.151. The molecule has 152 valence electrons. The van der Waals surface area contributed by atoms with Crippen molar-refractivity contribution in [1.29, 1.82) is 0 Å². The van der Waals surface area contributed by atoms with Crippen molar-refractivity contribution in [1.82, 2.24) is 4.57 Å². The Morgan fingerprint density at radius 2 is 1.75 bits per heavy atom. The average molecular weight is 385 g/mol. The topological polar surface area (TPSA) is 49.7 Å². The molecule has 1 saturated heterocycles. The number of carbonyl (C=O) groups excluding carboxylic acids is 1. The first-order chi connectivity index (χ1) is 12.9. The van der Waals surface area contributed by atoms with Gasteiger partial charge in [0.1, 0.15) is 5.60 Å². The second-order valence-electron chi connectivity index (χ2n) is 9.57. The van der Waals surface area contributed by atoms with Crippen LogP contribution >= 0.6 is 0 Å². The summed E-state index contributed by atoms with van der Waals surface area (Å²) in [6.45, 7) is 14.7. The van der Waals surface area contributed by atoms with E-state index in [1.54, 1.807) is 0 Å². The Morgan fingerprint density at radius 1 is 1.11 bits per heavy atom. The van der Waals surface area contributed by atoms with E-state index in [4.69, 9.17) is 14.0 Å². The molecule has 3 rings (SSSR count). The molecule has 28 heavy (non-hydrogen) atoms. The number of hydrogen-bond acceptors (Lipinski definition) is 4. The van der Waals surface area contributed by atoms with E-state index >= 15 is 0 Å². The van der Waals surface area contributed by atoms with Crippen LogP contribution in [0.5, 0.6) is 0 Å². The molecule has 1 aromatic carbocycles. The molecule has 0 N–H and O–H groups in total. The summed E-state index contributed by atoms with van der Waals surface area (Å²) >= 11 is 0. The number of ether oxygens (including phenoxy) is 1. The maximum absolute atomic E-state index is 11.9. The van der Waals surface area contributed by atoms with Gasteiger partial charge in [-0.05, 0) is 77.9 Å². The van der Waals surface area contributed by atoms with Crippen molar-refractivity contribution in [3.63, 3.8) is 0 Å². The molecule has 0 amide bonds. The maximum atomic E-state index is 11.9. The number of fused-ring (bicyclic) bond motifs is 1. The summed E-state index contributed by atoms with van der Waals surface area (Å²) in [6.07, 6.45) is 3.21. The lowest BCUT2D eigenvalue weighted by molar-refractivity contribution is -0.154. The Bertz CT molecular complexity index is 847. The number of nitrogens with zero attached hydrogens (tertiary/aromatic N) is 1. The van der Waals surface area contributed by atoms with Gasteiger partial charge < -0.3 is 18.6 Å². The van der Waals surface area contributed by atoms with E-state index in [0.717, 1.165) is 29.3 Å². The van der Waals surface area contributed by atoms with Crippen LogP contribution in [0.2, 0.25) is 0 Å². The van der Waals surface area contributed by atoms with Crippen molar-refractivity contribution in [2.75, 3.05) is 0 Å². The zero-order chi connectivity index (χ0) is 20.7. The molecule has 5 nitrogen and oxygen atoms in total. The third kappa shape index (κ3) is 4.28. The first kappa shape index (κ1) is 20.9. The molecule has 0 unspecified atom stereocenters. The largest absolute Gasteiger partial charge is 0.495 e. The third-order valence-corrected chi connectivity index (χ3v) is 5.55. The van der Waals surface area contributed by atoms with Crippen LogP contribution in [0.4, 0.5) is 0 Å². The predicted octanol–water partition coefficient (Wildman–Crippen LogP) is 4.06. The van der Waals surface area contributed by atoms with Crippen LogP contribution in [0.1, 0.15) is 61.3 Å². The summed E-state index contributed by atoms with van der Waals surface area (Å²) in [7, 11) is -0.383. The molecule has 1 aromatic heterocycles. The molecule has 0 saturated carbocycles. The molecule has 2 heterocycles. The summed E-state index contributed by atoms with van der Waals surface area (Å²) < 4.78 is 20.0. The van der Waals surface area contributed by atoms with Crippen molar-refractivity contribution in [3.8, 4) is 0 Å². The van der Waals surface area contributed by atoms with Gasteiger partial charge in [0, 0.05) is 24.7 Å². The molecule has 1 aliphatic heterocycles. The lowest BCUT2D eigenvalue weighted by atomic mass is 9.77. The van der Waals surface area contributed by atoms with E-state index in [-0.39, 0.29) is 24.3 Å². The Labute approximate surface area is 168 Å². The van der Waals surface area contributed by atoms with Crippen molar-refractivity contribution in [2.24, 2.45) is 0 Å². The minimum Gasteiger partial charge on any atom is -0.460 e. The molecule has 6 heteroatoms. The van der Waals surface area contributed by atoms with Crippen LogP contribution in [-0.4, -0.2) is 34.5 Å². The van der Waals surface area contributed by atoms with E-state index in [2.05, 4.69) is 56.7 Å². The smallest absolute Gasteiger partial charge is 0.460 e. The first-order valence-corrected chi connectivity index (χ1v) is 10.0. The van der Waals surface area contributed by atoms with Crippen LogP contribution < -0.4 is 5.46 Å². The highest BCUT2D eigenvalue weighted by Crippen LogP contribution is 2.37. The van der Waals surface area contributed by atoms with Crippen molar-refractivity contribution in [3.05, 3.63) is 30.5 Å². The Hall–Kier alpha value is -1.79. The Balaban J connectivity index is 1.73. The second-order valence-corrected chi connectivity index (χ2v) is 9.57.